The highest BCUT2D eigenvalue weighted by Crippen LogP contribution is 2.37. The lowest BCUT2D eigenvalue weighted by Gasteiger charge is -2.29. The summed E-state index contributed by atoms with van der Waals surface area (Å²) in [6, 6.07) is 14.6. The number of alkyl carbamates (subject to hydrolysis) is 1. The first-order valence-electron chi connectivity index (χ1n) is 9.62. The van der Waals surface area contributed by atoms with E-state index in [1.165, 1.54) is 18.1 Å². The van der Waals surface area contributed by atoms with Gasteiger partial charge < -0.3 is 24.8 Å². The van der Waals surface area contributed by atoms with Gasteiger partial charge in [0.15, 0.2) is 0 Å². The number of aromatic hydroxyl groups is 1. The normalized spacial score (nSPS) is 18.0. The average molecular weight is 412 g/mol. The monoisotopic (exact) mass is 412 g/mol. The first-order chi connectivity index (χ1) is 14.5. The zero-order valence-electron chi connectivity index (χ0n) is 16.6. The molecule has 0 radical (unpaired) electrons. The van der Waals surface area contributed by atoms with Gasteiger partial charge in [-0.15, -0.1) is 0 Å². The van der Waals surface area contributed by atoms with Crippen LogP contribution in [0.4, 0.5) is 4.79 Å². The fraction of sp³-hybridized carbons (Fsp3) is 0.318. The molecule has 1 heterocycles. The molecule has 2 aromatic carbocycles. The number of phenols is 1. The first kappa shape index (κ1) is 21.2. The molecule has 30 heavy (non-hydrogen) atoms. The van der Waals surface area contributed by atoms with Gasteiger partial charge in [-0.3, -0.25) is 4.79 Å². The number of nitrogens with zero attached hydrogens (tertiary/aromatic N) is 1. The molecule has 1 aliphatic heterocycles. The molecule has 2 atom stereocenters. The van der Waals surface area contributed by atoms with E-state index < -0.39 is 30.1 Å². The molecule has 0 spiro atoms. The van der Waals surface area contributed by atoms with Crippen LogP contribution in [-0.4, -0.2) is 47.7 Å². The Kier molecular flexibility index (Phi) is 6.90. The Morgan fingerprint density at radius 3 is 2.57 bits per heavy atom. The predicted molar refractivity (Wildman–Crippen MR) is 107 cm³/mol. The molecule has 1 aliphatic rings. The number of likely N-dealkylation sites (tertiary alicyclic amines) is 1. The second-order valence-electron chi connectivity index (χ2n) is 6.94. The molecule has 1 unspecified atom stereocenters. The fourth-order valence-corrected chi connectivity index (χ4v) is 3.60. The van der Waals surface area contributed by atoms with Gasteiger partial charge in [0.1, 0.15) is 24.9 Å². The number of hydrogen-bond donors (Lipinski definition) is 2. The predicted octanol–water partition coefficient (Wildman–Crippen LogP) is 2.52. The molecule has 1 fully saturated rings. The van der Waals surface area contributed by atoms with Crippen LogP contribution in [-0.2, 0) is 25.7 Å². The lowest BCUT2D eigenvalue weighted by Crippen LogP contribution is -2.46. The summed E-state index contributed by atoms with van der Waals surface area (Å²) in [5, 5.41) is 12.2. The molecule has 0 aliphatic carbocycles. The quantitative estimate of drug-likeness (QED) is 0.707. The van der Waals surface area contributed by atoms with E-state index in [1.807, 2.05) is 30.3 Å². The first-order valence-corrected chi connectivity index (χ1v) is 9.62. The van der Waals surface area contributed by atoms with E-state index in [2.05, 4.69) is 5.32 Å². The molecule has 1 saturated heterocycles. The van der Waals surface area contributed by atoms with E-state index in [0.717, 1.165) is 5.56 Å². The highest BCUT2D eigenvalue weighted by Gasteiger charge is 2.42. The van der Waals surface area contributed by atoms with Gasteiger partial charge in [-0.25, -0.2) is 9.59 Å². The SMILES string of the molecule is COC(=O)[C@@H]1CCC(c2cccc(O)c2)N1C(=O)CNC(=O)OCc1ccccc1. The summed E-state index contributed by atoms with van der Waals surface area (Å²) >= 11 is 0. The smallest absolute Gasteiger partial charge is 0.407 e. The molecule has 0 saturated carbocycles. The minimum absolute atomic E-state index is 0.0732. The van der Waals surface area contributed by atoms with Gasteiger partial charge in [-0.1, -0.05) is 42.5 Å². The fourth-order valence-electron chi connectivity index (χ4n) is 3.60. The number of phenolic OH excluding ortho intramolecular Hbond substituents is 1. The van der Waals surface area contributed by atoms with Gasteiger partial charge in [-0.2, -0.15) is 0 Å². The van der Waals surface area contributed by atoms with Crippen LogP contribution in [0.2, 0.25) is 0 Å². The van der Waals surface area contributed by atoms with Gasteiger partial charge in [0.25, 0.3) is 0 Å². The van der Waals surface area contributed by atoms with Crippen molar-refractivity contribution in [1.82, 2.24) is 10.2 Å². The second kappa shape index (κ2) is 9.78. The van der Waals surface area contributed by atoms with Crippen molar-refractivity contribution in [3.05, 3.63) is 65.7 Å². The number of carbonyl (C=O) groups excluding carboxylic acids is 3. The van der Waals surface area contributed by atoms with Gasteiger partial charge in [0.2, 0.25) is 5.91 Å². The molecule has 2 amide bonds. The van der Waals surface area contributed by atoms with Crippen molar-refractivity contribution < 1.29 is 29.0 Å². The minimum atomic E-state index is -0.753. The largest absolute Gasteiger partial charge is 0.508 e. The van der Waals surface area contributed by atoms with E-state index in [4.69, 9.17) is 9.47 Å². The summed E-state index contributed by atoms with van der Waals surface area (Å²) in [6.45, 7) is -0.238. The number of esters is 1. The molecule has 0 bridgehead atoms. The minimum Gasteiger partial charge on any atom is -0.508 e. The van der Waals surface area contributed by atoms with E-state index in [1.54, 1.807) is 18.2 Å². The standard InChI is InChI=1S/C22H24N2O6/c1-29-21(27)19-11-10-18(16-8-5-9-17(25)12-16)24(19)20(26)13-23-22(28)30-14-15-6-3-2-4-7-15/h2-9,12,18-19,25H,10-11,13-14H2,1H3,(H,23,28)/t18?,19-/m0/s1. The molecule has 3 rings (SSSR count). The second-order valence-corrected chi connectivity index (χ2v) is 6.94. The van der Waals surface area contributed by atoms with Crippen LogP contribution in [0.15, 0.2) is 54.6 Å². The zero-order valence-corrected chi connectivity index (χ0v) is 16.6. The third kappa shape index (κ3) is 5.08. The van der Waals surface area contributed by atoms with Crippen molar-refractivity contribution in [2.45, 2.75) is 31.5 Å². The number of amides is 2. The van der Waals surface area contributed by atoms with Crippen LogP contribution >= 0.6 is 0 Å². The highest BCUT2D eigenvalue weighted by molar-refractivity contribution is 5.88. The lowest BCUT2D eigenvalue weighted by molar-refractivity contribution is -0.152. The van der Waals surface area contributed by atoms with Gasteiger partial charge in [-0.05, 0) is 36.1 Å². The summed E-state index contributed by atoms with van der Waals surface area (Å²) in [4.78, 5) is 38.5. The number of hydrogen-bond acceptors (Lipinski definition) is 6. The number of methoxy groups -OCH3 is 1. The number of benzene rings is 2. The Labute approximate surface area is 174 Å². The van der Waals surface area contributed by atoms with Crippen LogP contribution in [0.25, 0.3) is 0 Å². The summed E-state index contributed by atoms with van der Waals surface area (Å²) in [5.74, 6) is -0.880. The summed E-state index contributed by atoms with van der Waals surface area (Å²) in [7, 11) is 1.27. The molecular formula is C22H24N2O6. The van der Waals surface area contributed by atoms with Gasteiger partial charge in [0.05, 0.1) is 13.2 Å². The Morgan fingerprint density at radius 2 is 1.87 bits per heavy atom. The third-order valence-electron chi connectivity index (χ3n) is 5.00. The maximum Gasteiger partial charge on any atom is 0.407 e. The number of ether oxygens (including phenoxy) is 2. The Balaban J connectivity index is 1.64. The van der Waals surface area contributed by atoms with Crippen molar-refractivity contribution in [3.63, 3.8) is 0 Å². The molecule has 2 N–H and O–H groups in total. The Hall–Kier alpha value is -3.55. The van der Waals surface area contributed by atoms with Crippen LogP contribution in [0, 0.1) is 0 Å². The van der Waals surface area contributed by atoms with Crippen LogP contribution in [0.3, 0.4) is 0 Å². The molecule has 8 nitrogen and oxygen atoms in total. The number of rotatable bonds is 6. The number of carbonyl (C=O) groups is 3. The third-order valence-corrected chi connectivity index (χ3v) is 5.00. The van der Waals surface area contributed by atoms with E-state index in [-0.39, 0.29) is 18.9 Å². The highest BCUT2D eigenvalue weighted by atomic mass is 16.5. The summed E-state index contributed by atoms with van der Waals surface area (Å²) in [5.41, 5.74) is 1.54. The van der Waals surface area contributed by atoms with Crippen molar-refractivity contribution >= 4 is 18.0 Å². The lowest BCUT2D eigenvalue weighted by atomic mass is 10.0. The van der Waals surface area contributed by atoms with Crippen LogP contribution in [0.1, 0.15) is 30.0 Å². The van der Waals surface area contributed by atoms with E-state index >= 15 is 0 Å². The molecule has 158 valence electrons. The summed E-state index contributed by atoms with van der Waals surface area (Å²) < 4.78 is 9.96. The summed E-state index contributed by atoms with van der Waals surface area (Å²) in [6.07, 6.45) is 0.236. The topological polar surface area (TPSA) is 105 Å². The van der Waals surface area contributed by atoms with Gasteiger partial charge >= 0.3 is 12.1 Å². The number of nitrogens with one attached hydrogen (secondary N) is 1. The van der Waals surface area contributed by atoms with Crippen molar-refractivity contribution in [2.75, 3.05) is 13.7 Å². The molecule has 0 aromatic heterocycles. The maximum atomic E-state index is 12.9. The van der Waals surface area contributed by atoms with Gasteiger partial charge in [0, 0.05) is 0 Å². The molecule has 8 heteroatoms. The Morgan fingerprint density at radius 1 is 1.10 bits per heavy atom. The van der Waals surface area contributed by atoms with Crippen LogP contribution < -0.4 is 5.32 Å². The van der Waals surface area contributed by atoms with E-state index in [0.29, 0.717) is 18.4 Å². The van der Waals surface area contributed by atoms with Crippen molar-refractivity contribution in [3.8, 4) is 5.75 Å². The Bertz CT molecular complexity index is 902. The average Bonchev–Trinajstić information content (AvgIpc) is 3.21. The van der Waals surface area contributed by atoms with Crippen molar-refractivity contribution in [2.24, 2.45) is 0 Å². The van der Waals surface area contributed by atoms with Crippen LogP contribution in [0.5, 0.6) is 5.75 Å². The molecule has 2 aromatic rings. The zero-order chi connectivity index (χ0) is 21.5. The van der Waals surface area contributed by atoms with Crippen molar-refractivity contribution in [1.29, 1.82) is 0 Å². The molecular weight excluding hydrogens is 388 g/mol. The maximum absolute atomic E-state index is 12.9. The van der Waals surface area contributed by atoms with E-state index in [9.17, 15) is 19.5 Å².